The number of aliphatic carboxylic acids is 2. The van der Waals surface area contributed by atoms with Gasteiger partial charge in [-0.25, -0.2) is 15.0 Å². The Balaban J connectivity index is 0.000000155. The number of aromatic nitrogens is 6. The Morgan fingerprint density at radius 1 is 0.477 bits per heavy atom. The summed E-state index contributed by atoms with van der Waals surface area (Å²) in [6.07, 6.45) is 25.2. The van der Waals surface area contributed by atoms with E-state index in [2.05, 4.69) is 139 Å². The van der Waals surface area contributed by atoms with Crippen molar-refractivity contribution in [2.75, 3.05) is 74.9 Å². The first-order valence-corrected chi connectivity index (χ1v) is 39.9. The van der Waals surface area contributed by atoms with Crippen molar-refractivity contribution >= 4 is 104 Å². The van der Waals surface area contributed by atoms with Gasteiger partial charge < -0.3 is 72.2 Å². The number of nitrogens with two attached hydrogens (primary N) is 1. The van der Waals surface area contributed by atoms with Gasteiger partial charge in [0.05, 0.1) is 19.5 Å². The molecular formula is C86H110ClN15O9. The second-order valence-corrected chi connectivity index (χ2v) is 30.5. The van der Waals surface area contributed by atoms with E-state index in [0.29, 0.717) is 45.3 Å². The topological polar surface area (TPSA) is 342 Å². The molecule has 0 unspecified atom stereocenters. The maximum atomic E-state index is 13.0. The minimum atomic E-state index is -0.961. The van der Waals surface area contributed by atoms with Crippen LogP contribution in [0.25, 0.3) is 32.7 Å². The molecule has 0 bridgehead atoms. The van der Waals surface area contributed by atoms with Crippen molar-refractivity contribution in [2.24, 2.45) is 23.5 Å². The fourth-order valence-electron chi connectivity index (χ4n) is 16.1. The smallest absolute Gasteiger partial charge is 0.323 e. The van der Waals surface area contributed by atoms with Crippen LogP contribution in [0.1, 0.15) is 154 Å². The largest absolute Gasteiger partial charge is 0.481 e. The van der Waals surface area contributed by atoms with Crippen molar-refractivity contribution in [2.45, 2.75) is 180 Å². The van der Waals surface area contributed by atoms with E-state index >= 15 is 0 Å². The highest BCUT2D eigenvalue weighted by Crippen LogP contribution is 2.31. The number of aryl methyl sites for hydroxylation is 9. The predicted octanol–water partition coefficient (Wildman–Crippen LogP) is 11.7. The van der Waals surface area contributed by atoms with Crippen LogP contribution in [0.4, 0.5) is 17.5 Å². The van der Waals surface area contributed by atoms with Gasteiger partial charge in [-0.15, -0.1) is 12.4 Å². The predicted molar refractivity (Wildman–Crippen MR) is 437 cm³/mol. The van der Waals surface area contributed by atoms with E-state index in [1.807, 2.05) is 48.7 Å². The number of nitrogens with one attached hydrogen (secondary N) is 8. The minimum absolute atomic E-state index is 0. The molecule has 0 radical (unpaired) electrons. The molecule has 12 heterocycles. The van der Waals surface area contributed by atoms with Gasteiger partial charge >= 0.3 is 11.9 Å². The molecule has 25 heteroatoms. The van der Waals surface area contributed by atoms with Gasteiger partial charge in [-0.3, -0.25) is 33.6 Å². The molecule has 6 aliphatic heterocycles. The van der Waals surface area contributed by atoms with Crippen LogP contribution in [-0.2, 0) is 91.3 Å². The summed E-state index contributed by atoms with van der Waals surface area (Å²) >= 11 is 0. The zero-order chi connectivity index (χ0) is 76.9. The van der Waals surface area contributed by atoms with Gasteiger partial charge in [0.25, 0.3) is 0 Å². The number of aromatic amines is 3. The number of benzene rings is 3. The van der Waals surface area contributed by atoms with Crippen LogP contribution in [0.5, 0.6) is 0 Å². The van der Waals surface area contributed by atoms with Gasteiger partial charge in [0.15, 0.2) is 0 Å². The molecule has 6 aromatic heterocycles. The van der Waals surface area contributed by atoms with Crippen molar-refractivity contribution < 1.29 is 43.8 Å². The quantitative estimate of drug-likeness (QED) is 0.0207. The summed E-state index contributed by atoms with van der Waals surface area (Å²) in [6.45, 7) is 8.70. The molecule has 12 N–H and O–H groups in total. The molecule has 15 rings (SSSR count). The monoisotopic (exact) mass is 1530 g/mol. The van der Waals surface area contributed by atoms with Crippen molar-refractivity contribution in [1.29, 1.82) is 0 Å². The summed E-state index contributed by atoms with van der Waals surface area (Å²) in [4.78, 5) is 115. The molecule has 5 amide bonds. The van der Waals surface area contributed by atoms with Crippen LogP contribution in [0.3, 0.4) is 0 Å². The third-order valence-corrected chi connectivity index (χ3v) is 22.4. The van der Waals surface area contributed by atoms with E-state index < -0.39 is 18.0 Å². The molecule has 0 spiro atoms. The molecule has 0 saturated carbocycles. The Hall–Kier alpha value is -10.3. The maximum absolute atomic E-state index is 13.0. The zero-order valence-corrected chi connectivity index (χ0v) is 65.0. The number of para-hydroxylation sites is 3. The molecule has 6 atom stereocenters. The normalized spacial score (nSPS) is 17.7. The zero-order valence-electron chi connectivity index (χ0n) is 64.1. The summed E-state index contributed by atoms with van der Waals surface area (Å²) in [5.41, 5.74) is 19.7. The highest BCUT2D eigenvalue weighted by molar-refractivity contribution is 5.90. The van der Waals surface area contributed by atoms with E-state index in [-0.39, 0.29) is 97.8 Å². The molecule has 24 nitrogen and oxygen atoms in total. The van der Waals surface area contributed by atoms with Gasteiger partial charge in [-0.2, -0.15) is 0 Å². The standard InChI is InChI=1S/C29H35N5O4.C29H37N5O2.C16H21N3O3.C12H16N2.ClH/c35-26(32-23(16-27(36)37)12-9-21-17-31-25-6-2-1-5-24(21)25)18-34-15-13-20(29(34)38)8-11-22-10-7-19-4-3-14-30-28(19)33-22;1-2-23(12-11-22-18-31-26-8-4-3-7-25(22)26)32-27(35)19-34-17-15-21(29(34)36)10-14-24-13-9-20-6-5-16-30-28(20)33-24;20-14(21)10-19-9-7-12(16(19)22)4-6-13-5-3-11-2-1-8-17-15(11)18-13;1-9(13)6-7-10-8-14-12-5-3-2-4-11(10)12;/h1-2,5-7,10,17,20,23,31H,3-4,8-9,11-16,18H2,(H,30,33)(H,32,35)(H,36,37);3-4,7-9,13,18,21,23,31H,2,5-6,10-12,14-17,19H2,1H3,(H,30,33)(H,32,35);3,5,12H,1-2,4,6-10H2,(H,17,18)(H,20,21);2-5,8-9,14H,6-7,13H2,1H3;1H/t20-,23-;21-,23+;12-;9-;/m1110./s1. The van der Waals surface area contributed by atoms with E-state index in [1.54, 1.807) is 9.80 Å². The molecule has 3 saturated heterocycles. The van der Waals surface area contributed by atoms with Crippen molar-refractivity contribution in [3.8, 4) is 0 Å². The van der Waals surface area contributed by atoms with Gasteiger partial charge in [-0.1, -0.05) is 79.7 Å². The molecule has 3 aromatic carbocycles. The van der Waals surface area contributed by atoms with Crippen LogP contribution in [0.15, 0.2) is 128 Å². The van der Waals surface area contributed by atoms with Crippen LogP contribution in [-0.4, -0.2) is 173 Å². The summed E-state index contributed by atoms with van der Waals surface area (Å²) in [5.74, 6) is 0.529. The maximum Gasteiger partial charge on any atom is 0.323 e. The Kier molecular flexibility index (Phi) is 29.5. The minimum Gasteiger partial charge on any atom is -0.481 e. The first-order chi connectivity index (χ1) is 53.5. The van der Waals surface area contributed by atoms with Gasteiger partial charge in [-0.05, 0) is 218 Å². The van der Waals surface area contributed by atoms with Crippen LogP contribution < -0.4 is 32.3 Å². The van der Waals surface area contributed by atoms with Crippen LogP contribution >= 0.6 is 12.4 Å². The summed E-state index contributed by atoms with van der Waals surface area (Å²) in [5, 5.41) is 37.9. The average Bonchev–Trinajstić information content (AvgIpc) is 1.77. The van der Waals surface area contributed by atoms with Crippen molar-refractivity contribution in [1.82, 2.24) is 55.2 Å². The third kappa shape index (κ3) is 22.7. The molecule has 590 valence electrons. The fourth-order valence-corrected chi connectivity index (χ4v) is 16.1. The van der Waals surface area contributed by atoms with E-state index in [0.717, 1.165) is 192 Å². The molecule has 6 aliphatic rings. The Bertz CT molecular complexity index is 4650. The molecule has 3 fully saturated rings. The Morgan fingerprint density at radius 2 is 0.829 bits per heavy atom. The second kappa shape index (κ2) is 40.0. The summed E-state index contributed by atoms with van der Waals surface area (Å²) < 4.78 is 0. The van der Waals surface area contributed by atoms with E-state index in [4.69, 9.17) is 20.8 Å². The number of carbonyl (C=O) groups is 7. The van der Waals surface area contributed by atoms with E-state index in [1.165, 1.54) is 49.0 Å². The Morgan fingerprint density at radius 3 is 1.19 bits per heavy atom. The number of halogens is 1. The number of H-pyrrole nitrogens is 3. The molecule has 0 aliphatic carbocycles. The first-order valence-electron chi connectivity index (χ1n) is 39.9. The average molecular weight is 1530 g/mol. The lowest BCUT2D eigenvalue weighted by Crippen LogP contribution is -2.44. The lowest BCUT2D eigenvalue weighted by molar-refractivity contribution is -0.143. The molecule has 9 aromatic rings. The molecule has 111 heavy (non-hydrogen) atoms. The number of fused-ring (bicyclic) bond motifs is 6. The highest BCUT2D eigenvalue weighted by Gasteiger charge is 2.36. The highest BCUT2D eigenvalue weighted by atomic mass is 35.5. The van der Waals surface area contributed by atoms with Crippen LogP contribution in [0.2, 0.25) is 0 Å². The number of pyridine rings is 3. The van der Waals surface area contributed by atoms with Gasteiger partial charge in [0.2, 0.25) is 29.5 Å². The fraction of sp³-hybridized carbons (Fsp3) is 0.465. The first kappa shape index (κ1) is 81.7. The SMILES string of the molecule is CC[C@@H](CCc1c[nH]c2ccccc12)NC(=O)CN1CC[C@@H](CCc2ccc3c(n2)NCCC3)C1=O.C[C@H](N)CCc1c[nH]c2ccccc12.Cl.O=C(O)CN1CC[C@@H](CCc2ccc3c(n2)NCCC3)C1=O.O=C(O)C[C@@H](CCc1c[nH]c2ccccc12)NC(=O)CN1CC[C@@H](CCc2ccc3c(n2)NCCC3)C1=O. The van der Waals surface area contributed by atoms with Crippen LogP contribution in [0, 0.1) is 17.8 Å². The number of rotatable bonds is 29. The lowest BCUT2D eigenvalue weighted by Gasteiger charge is -2.21. The lowest BCUT2D eigenvalue weighted by atomic mass is 9.99. The summed E-state index contributed by atoms with van der Waals surface area (Å²) in [6, 6.07) is 37.1. The number of carbonyl (C=O) groups excluding carboxylic acids is 5. The summed E-state index contributed by atoms with van der Waals surface area (Å²) in [7, 11) is 0. The number of anilines is 3. The van der Waals surface area contributed by atoms with Crippen molar-refractivity contribution in [3.63, 3.8) is 0 Å². The Labute approximate surface area is 655 Å². The number of hydrogen-bond acceptors (Lipinski definition) is 14. The third-order valence-electron chi connectivity index (χ3n) is 22.4. The van der Waals surface area contributed by atoms with Crippen molar-refractivity contribution in [3.05, 3.63) is 178 Å². The van der Waals surface area contributed by atoms with Gasteiger partial charge in [0.1, 0.15) is 24.0 Å². The number of nitrogens with zero attached hydrogens (tertiary/aromatic N) is 6. The number of carboxylic acid groups (broad SMARTS) is 2. The number of hydrogen-bond donors (Lipinski definition) is 11. The van der Waals surface area contributed by atoms with Gasteiger partial charge in [0, 0.05) is 144 Å². The second-order valence-electron chi connectivity index (χ2n) is 30.5. The number of carboxylic acids is 2. The molecular weight excluding hydrogens is 1420 g/mol. The number of likely N-dealkylation sites (tertiary alicyclic amines) is 3. The number of amides is 5. The van der Waals surface area contributed by atoms with E-state index in [9.17, 15) is 38.7 Å².